The fourth-order valence-electron chi connectivity index (χ4n) is 0.853. The lowest BCUT2D eigenvalue weighted by Crippen LogP contribution is -2.50. The number of aliphatic carboxylic acids is 1. The van der Waals surface area contributed by atoms with Crippen LogP contribution >= 0.6 is 12.6 Å². The molecule has 0 aromatic carbocycles. The molecule has 7 heteroatoms. The number of hydrogen-bond donors (Lipinski definition) is 4. The smallest absolute Gasteiger partial charge is 0.327 e. The summed E-state index contributed by atoms with van der Waals surface area (Å²) < 4.78 is 0. The zero-order chi connectivity index (χ0) is 12.0. The fourth-order valence-corrected chi connectivity index (χ4v) is 1.10. The molecule has 0 spiro atoms. The van der Waals surface area contributed by atoms with Gasteiger partial charge in [-0.25, -0.2) is 4.79 Å². The van der Waals surface area contributed by atoms with Crippen molar-refractivity contribution in [3.8, 4) is 0 Å². The van der Waals surface area contributed by atoms with Gasteiger partial charge in [0.15, 0.2) is 0 Å². The second kappa shape index (κ2) is 6.28. The summed E-state index contributed by atoms with van der Waals surface area (Å²) in [5, 5.41) is 13.2. The molecule has 86 valence electrons. The third-order valence-electron chi connectivity index (χ3n) is 1.61. The standard InChI is InChI=1S/C8H14N2O4S/c1-4(9-5(2)11)7(12)10-6(3-15)8(13)14/h4,6,15H,3H2,1-2H3,(H,9,11)(H,10,12)(H,13,14). The minimum atomic E-state index is -1.16. The van der Waals surface area contributed by atoms with Gasteiger partial charge in [0, 0.05) is 12.7 Å². The largest absolute Gasteiger partial charge is 0.480 e. The van der Waals surface area contributed by atoms with Crippen molar-refractivity contribution < 1.29 is 19.5 Å². The predicted molar refractivity (Wildman–Crippen MR) is 56.7 cm³/mol. The molecule has 0 heterocycles. The van der Waals surface area contributed by atoms with E-state index in [9.17, 15) is 14.4 Å². The molecule has 0 radical (unpaired) electrons. The number of nitrogens with one attached hydrogen (secondary N) is 2. The van der Waals surface area contributed by atoms with E-state index in [4.69, 9.17) is 5.11 Å². The SMILES string of the molecule is CC(=O)NC(C)C(=O)NC(CS)C(=O)O. The first-order valence-electron chi connectivity index (χ1n) is 4.29. The molecule has 0 aliphatic rings. The topological polar surface area (TPSA) is 95.5 Å². The summed E-state index contributed by atoms with van der Waals surface area (Å²) in [6.45, 7) is 2.74. The van der Waals surface area contributed by atoms with Crippen molar-refractivity contribution in [2.24, 2.45) is 0 Å². The third-order valence-corrected chi connectivity index (χ3v) is 1.98. The van der Waals surface area contributed by atoms with Crippen molar-refractivity contribution in [2.45, 2.75) is 25.9 Å². The van der Waals surface area contributed by atoms with Crippen molar-refractivity contribution in [3.63, 3.8) is 0 Å². The first-order chi connectivity index (χ1) is 6.88. The minimum absolute atomic E-state index is 0.00609. The first-order valence-corrected chi connectivity index (χ1v) is 4.92. The van der Waals surface area contributed by atoms with Gasteiger partial charge in [0.2, 0.25) is 11.8 Å². The lowest BCUT2D eigenvalue weighted by atomic mass is 10.2. The van der Waals surface area contributed by atoms with E-state index in [1.807, 2.05) is 0 Å². The van der Waals surface area contributed by atoms with E-state index in [-0.39, 0.29) is 11.7 Å². The number of thiol groups is 1. The van der Waals surface area contributed by atoms with Crippen LogP contribution in [0.15, 0.2) is 0 Å². The highest BCUT2D eigenvalue weighted by atomic mass is 32.1. The van der Waals surface area contributed by atoms with Crippen LogP contribution in [0, 0.1) is 0 Å². The van der Waals surface area contributed by atoms with E-state index >= 15 is 0 Å². The lowest BCUT2D eigenvalue weighted by Gasteiger charge is -2.16. The van der Waals surface area contributed by atoms with E-state index in [1.54, 1.807) is 0 Å². The molecule has 0 rings (SSSR count). The van der Waals surface area contributed by atoms with Crippen molar-refractivity contribution in [1.82, 2.24) is 10.6 Å². The van der Waals surface area contributed by atoms with E-state index in [1.165, 1.54) is 13.8 Å². The van der Waals surface area contributed by atoms with Crippen LogP contribution in [0.5, 0.6) is 0 Å². The normalized spacial score (nSPS) is 13.8. The van der Waals surface area contributed by atoms with Crippen molar-refractivity contribution in [1.29, 1.82) is 0 Å². The number of carbonyl (C=O) groups is 3. The maximum absolute atomic E-state index is 11.3. The summed E-state index contributed by atoms with van der Waals surface area (Å²) in [4.78, 5) is 32.5. The molecule has 15 heavy (non-hydrogen) atoms. The maximum Gasteiger partial charge on any atom is 0.327 e. The second-order valence-corrected chi connectivity index (χ2v) is 3.37. The first kappa shape index (κ1) is 13.8. The summed E-state index contributed by atoms with van der Waals surface area (Å²) in [5.41, 5.74) is 0. The van der Waals surface area contributed by atoms with Crippen LogP contribution in [0.1, 0.15) is 13.8 Å². The van der Waals surface area contributed by atoms with Gasteiger partial charge in [-0.1, -0.05) is 0 Å². The van der Waals surface area contributed by atoms with Crippen LogP contribution < -0.4 is 10.6 Å². The van der Waals surface area contributed by atoms with Gasteiger partial charge in [-0.3, -0.25) is 9.59 Å². The summed E-state index contributed by atoms with van der Waals surface area (Å²) >= 11 is 3.78. The zero-order valence-corrected chi connectivity index (χ0v) is 9.38. The van der Waals surface area contributed by atoms with Crippen LogP contribution in [0.4, 0.5) is 0 Å². The molecule has 0 aromatic rings. The monoisotopic (exact) mass is 234 g/mol. The molecular formula is C8H14N2O4S. The Bertz CT molecular complexity index is 269. The molecule has 0 aromatic heterocycles. The van der Waals surface area contributed by atoms with E-state index in [0.29, 0.717) is 0 Å². The van der Waals surface area contributed by atoms with E-state index < -0.39 is 24.0 Å². The Hall–Kier alpha value is -1.24. The molecule has 0 aliphatic heterocycles. The Morgan fingerprint density at radius 1 is 1.33 bits per heavy atom. The highest BCUT2D eigenvalue weighted by Crippen LogP contribution is 1.91. The number of rotatable bonds is 5. The average Bonchev–Trinajstić information content (AvgIpc) is 2.11. The highest BCUT2D eigenvalue weighted by molar-refractivity contribution is 7.80. The number of carbonyl (C=O) groups excluding carboxylic acids is 2. The van der Waals surface area contributed by atoms with Crippen molar-refractivity contribution in [2.75, 3.05) is 5.75 Å². The van der Waals surface area contributed by atoms with E-state index in [2.05, 4.69) is 23.3 Å². The summed E-state index contributed by atoms with van der Waals surface area (Å²) in [5.74, 6) is -2.07. The number of amides is 2. The Kier molecular flexibility index (Phi) is 5.76. The van der Waals surface area contributed by atoms with Gasteiger partial charge in [-0.2, -0.15) is 12.6 Å². The average molecular weight is 234 g/mol. The minimum Gasteiger partial charge on any atom is -0.480 e. The molecule has 0 saturated heterocycles. The predicted octanol–water partition coefficient (Wildman–Crippen LogP) is -0.990. The van der Waals surface area contributed by atoms with Gasteiger partial charge in [0.05, 0.1) is 0 Å². The molecule has 2 atom stereocenters. The van der Waals surface area contributed by atoms with Crippen molar-refractivity contribution in [3.05, 3.63) is 0 Å². The molecule has 6 nitrogen and oxygen atoms in total. The van der Waals surface area contributed by atoms with E-state index in [0.717, 1.165) is 0 Å². The van der Waals surface area contributed by atoms with Crippen LogP contribution in [-0.2, 0) is 14.4 Å². The molecule has 2 amide bonds. The van der Waals surface area contributed by atoms with Gasteiger partial charge in [0.25, 0.3) is 0 Å². The fraction of sp³-hybridized carbons (Fsp3) is 0.625. The third kappa shape index (κ3) is 5.26. The lowest BCUT2D eigenvalue weighted by molar-refractivity contribution is -0.141. The van der Waals surface area contributed by atoms with Crippen LogP contribution in [-0.4, -0.2) is 40.7 Å². The molecule has 0 aliphatic carbocycles. The van der Waals surface area contributed by atoms with Gasteiger partial charge >= 0.3 is 5.97 Å². The number of hydrogen-bond acceptors (Lipinski definition) is 4. The maximum atomic E-state index is 11.3. The molecule has 0 saturated carbocycles. The summed E-state index contributed by atoms with van der Waals surface area (Å²) in [6.07, 6.45) is 0. The Morgan fingerprint density at radius 2 is 1.87 bits per heavy atom. The van der Waals surface area contributed by atoms with Gasteiger partial charge in [-0.15, -0.1) is 0 Å². The molecule has 2 unspecified atom stereocenters. The summed E-state index contributed by atoms with van der Waals surface area (Å²) in [7, 11) is 0. The Morgan fingerprint density at radius 3 is 2.20 bits per heavy atom. The van der Waals surface area contributed by atoms with Gasteiger partial charge < -0.3 is 15.7 Å². The van der Waals surface area contributed by atoms with Crippen LogP contribution in [0.2, 0.25) is 0 Å². The molecule has 0 bridgehead atoms. The Balaban J connectivity index is 4.21. The highest BCUT2D eigenvalue weighted by Gasteiger charge is 2.21. The van der Waals surface area contributed by atoms with Gasteiger partial charge in [-0.05, 0) is 6.92 Å². The Labute approximate surface area is 92.8 Å². The number of carboxylic acids is 1. The summed E-state index contributed by atoms with van der Waals surface area (Å²) in [6, 6.07) is -1.80. The molecular weight excluding hydrogens is 220 g/mol. The second-order valence-electron chi connectivity index (χ2n) is 3.00. The van der Waals surface area contributed by atoms with Crippen LogP contribution in [0.25, 0.3) is 0 Å². The molecule has 0 fully saturated rings. The quantitative estimate of drug-likeness (QED) is 0.459. The van der Waals surface area contributed by atoms with Crippen LogP contribution in [0.3, 0.4) is 0 Å². The van der Waals surface area contributed by atoms with Gasteiger partial charge in [0.1, 0.15) is 12.1 Å². The zero-order valence-electron chi connectivity index (χ0n) is 8.48. The molecule has 3 N–H and O–H groups in total. The number of carboxylic acid groups (broad SMARTS) is 1. The van der Waals surface area contributed by atoms with Crippen molar-refractivity contribution >= 4 is 30.4 Å².